The highest BCUT2D eigenvalue weighted by Crippen LogP contribution is 2.39. The zero-order valence-electron chi connectivity index (χ0n) is 21.3. The SMILES string of the molecule is CS(=O)(=O)Nc1ccccc1C1=NN(c2nc(-c3ccccc3)c3cc(Cl)ccc3n2)[C@H](c2ccc(F)cc2)C1. The van der Waals surface area contributed by atoms with E-state index in [1.807, 2.05) is 54.6 Å². The topological polar surface area (TPSA) is 87.5 Å². The molecule has 0 saturated carbocycles. The van der Waals surface area contributed by atoms with E-state index < -0.39 is 10.0 Å². The molecule has 1 aromatic heterocycles. The molecule has 0 saturated heterocycles. The van der Waals surface area contributed by atoms with Crippen LogP contribution in [-0.2, 0) is 10.0 Å². The molecule has 2 heterocycles. The Morgan fingerprint density at radius 2 is 1.65 bits per heavy atom. The minimum Gasteiger partial charge on any atom is -0.283 e. The zero-order chi connectivity index (χ0) is 27.9. The Bertz CT molecular complexity index is 1870. The molecular weight excluding hydrogens is 549 g/mol. The van der Waals surface area contributed by atoms with Crippen LogP contribution in [-0.4, -0.2) is 30.4 Å². The monoisotopic (exact) mass is 571 g/mol. The van der Waals surface area contributed by atoms with Gasteiger partial charge in [-0.05, 0) is 42.0 Å². The van der Waals surface area contributed by atoms with Gasteiger partial charge in [-0.1, -0.05) is 72.3 Å². The predicted octanol–water partition coefficient (Wildman–Crippen LogP) is 6.82. The van der Waals surface area contributed by atoms with Crippen molar-refractivity contribution in [1.29, 1.82) is 0 Å². The number of hydrazone groups is 1. The number of anilines is 2. The molecule has 0 unspecified atom stereocenters. The highest BCUT2D eigenvalue weighted by atomic mass is 35.5. The molecule has 1 aliphatic heterocycles. The van der Waals surface area contributed by atoms with E-state index in [1.54, 1.807) is 35.3 Å². The first-order valence-corrected chi connectivity index (χ1v) is 14.7. The van der Waals surface area contributed by atoms with E-state index in [0.29, 0.717) is 45.6 Å². The number of nitrogens with zero attached hydrogens (tertiary/aromatic N) is 4. The van der Waals surface area contributed by atoms with Gasteiger partial charge in [0.15, 0.2) is 0 Å². The van der Waals surface area contributed by atoms with Crippen molar-refractivity contribution in [2.24, 2.45) is 5.10 Å². The van der Waals surface area contributed by atoms with Crippen molar-refractivity contribution >= 4 is 49.9 Å². The summed E-state index contributed by atoms with van der Waals surface area (Å²) < 4.78 is 40.6. The summed E-state index contributed by atoms with van der Waals surface area (Å²) in [7, 11) is -3.53. The van der Waals surface area contributed by atoms with Crippen LogP contribution >= 0.6 is 11.6 Å². The summed E-state index contributed by atoms with van der Waals surface area (Å²) in [6.45, 7) is 0. The molecule has 7 nitrogen and oxygen atoms in total. The van der Waals surface area contributed by atoms with Crippen molar-refractivity contribution in [3.8, 4) is 11.3 Å². The van der Waals surface area contributed by atoms with Gasteiger partial charge in [0.05, 0.1) is 34.9 Å². The zero-order valence-corrected chi connectivity index (χ0v) is 22.9. The molecule has 1 N–H and O–H groups in total. The quantitative estimate of drug-likeness (QED) is 0.242. The lowest BCUT2D eigenvalue weighted by molar-refractivity contribution is 0.607. The molecule has 4 aromatic carbocycles. The van der Waals surface area contributed by atoms with Crippen LogP contribution in [0.3, 0.4) is 0 Å². The van der Waals surface area contributed by atoms with E-state index in [0.717, 1.165) is 22.8 Å². The Balaban J connectivity index is 1.54. The Morgan fingerprint density at radius 1 is 0.925 bits per heavy atom. The van der Waals surface area contributed by atoms with Crippen molar-refractivity contribution in [2.75, 3.05) is 16.0 Å². The highest BCUT2D eigenvalue weighted by Gasteiger charge is 2.33. The van der Waals surface area contributed by atoms with E-state index in [1.165, 1.54) is 12.1 Å². The number of hydrogen-bond donors (Lipinski definition) is 1. The summed E-state index contributed by atoms with van der Waals surface area (Å²) >= 11 is 6.34. The van der Waals surface area contributed by atoms with Gasteiger partial charge in [0, 0.05) is 28.0 Å². The maximum Gasteiger partial charge on any atom is 0.247 e. The maximum absolute atomic E-state index is 13.9. The number of para-hydroxylation sites is 1. The molecule has 0 aliphatic carbocycles. The van der Waals surface area contributed by atoms with Crippen molar-refractivity contribution in [2.45, 2.75) is 12.5 Å². The van der Waals surface area contributed by atoms with Crippen LogP contribution in [0, 0.1) is 5.82 Å². The van der Waals surface area contributed by atoms with Crippen LogP contribution < -0.4 is 9.73 Å². The van der Waals surface area contributed by atoms with Gasteiger partial charge in [0.1, 0.15) is 5.82 Å². The summed E-state index contributed by atoms with van der Waals surface area (Å²) in [4.78, 5) is 9.81. The average Bonchev–Trinajstić information content (AvgIpc) is 3.38. The lowest BCUT2D eigenvalue weighted by Gasteiger charge is -2.23. The van der Waals surface area contributed by atoms with Gasteiger partial charge < -0.3 is 0 Å². The molecule has 5 aromatic rings. The van der Waals surface area contributed by atoms with Crippen LogP contribution in [0.25, 0.3) is 22.2 Å². The largest absolute Gasteiger partial charge is 0.283 e. The lowest BCUT2D eigenvalue weighted by atomic mass is 9.97. The number of fused-ring (bicyclic) bond motifs is 1. The highest BCUT2D eigenvalue weighted by molar-refractivity contribution is 7.92. The molecule has 0 spiro atoms. The first-order chi connectivity index (χ1) is 19.2. The van der Waals surface area contributed by atoms with Gasteiger partial charge in [-0.15, -0.1) is 0 Å². The smallest absolute Gasteiger partial charge is 0.247 e. The third-order valence-corrected chi connectivity index (χ3v) is 7.42. The van der Waals surface area contributed by atoms with Gasteiger partial charge in [0.2, 0.25) is 16.0 Å². The fourth-order valence-corrected chi connectivity index (χ4v) is 5.58. The van der Waals surface area contributed by atoms with Crippen molar-refractivity contribution < 1.29 is 12.8 Å². The predicted molar refractivity (Wildman–Crippen MR) is 158 cm³/mol. The first kappa shape index (κ1) is 25.9. The lowest BCUT2D eigenvalue weighted by Crippen LogP contribution is -2.21. The summed E-state index contributed by atoms with van der Waals surface area (Å²) in [5.41, 5.74) is 4.79. The number of hydrogen-bond acceptors (Lipinski definition) is 6. The van der Waals surface area contributed by atoms with Crippen molar-refractivity contribution in [1.82, 2.24) is 9.97 Å². The molecule has 0 radical (unpaired) electrons. The second-order valence-corrected chi connectivity index (χ2v) is 11.7. The summed E-state index contributed by atoms with van der Waals surface area (Å²) in [5, 5.41) is 8.02. The van der Waals surface area contributed by atoms with E-state index in [-0.39, 0.29) is 11.9 Å². The van der Waals surface area contributed by atoms with Crippen LogP contribution in [0.15, 0.2) is 102 Å². The minimum atomic E-state index is -3.53. The molecule has 6 rings (SSSR count). The fourth-order valence-electron chi connectivity index (χ4n) is 4.83. The number of benzene rings is 4. The molecule has 0 fully saturated rings. The van der Waals surface area contributed by atoms with Gasteiger partial charge in [-0.25, -0.2) is 27.8 Å². The molecule has 1 atom stereocenters. The summed E-state index contributed by atoms with van der Waals surface area (Å²) in [6.07, 6.45) is 1.52. The van der Waals surface area contributed by atoms with Crippen molar-refractivity contribution in [3.05, 3.63) is 119 Å². The third kappa shape index (κ3) is 5.25. The number of rotatable bonds is 6. The Hall–Kier alpha value is -4.34. The van der Waals surface area contributed by atoms with E-state index in [4.69, 9.17) is 26.7 Å². The van der Waals surface area contributed by atoms with Gasteiger partial charge in [-0.2, -0.15) is 5.10 Å². The van der Waals surface area contributed by atoms with Crippen LogP contribution in [0.2, 0.25) is 5.02 Å². The van der Waals surface area contributed by atoms with Gasteiger partial charge in [0.25, 0.3) is 0 Å². The second-order valence-electron chi connectivity index (χ2n) is 9.48. The normalized spacial score (nSPS) is 15.3. The van der Waals surface area contributed by atoms with E-state index in [9.17, 15) is 12.8 Å². The molecule has 1 aliphatic rings. The molecule has 0 amide bonds. The number of sulfonamides is 1. The van der Waals surface area contributed by atoms with Crippen molar-refractivity contribution in [3.63, 3.8) is 0 Å². The summed E-state index contributed by atoms with van der Waals surface area (Å²) in [5.74, 6) is 0.00823. The Labute approximate surface area is 236 Å². The van der Waals surface area contributed by atoms with Crippen LogP contribution in [0.5, 0.6) is 0 Å². The average molecular weight is 572 g/mol. The third-order valence-electron chi connectivity index (χ3n) is 6.60. The summed E-state index contributed by atoms with van der Waals surface area (Å²) in [6, 6.07) is 28.2. The number of aromatic nitrogens is 2. The Kier molecular flexibility index (Phi) is 6.69. The second kappa shape index (κ2) is 10.3. The van der Waals surface area contributed by atoms with Crippen LogP contribution in [0.4, 0.5) is 16.0 Å². The fraction of sp³-hybridized carbons (Fsp3) is 0.100. The number of halogens is 2. The molecule has 200 valence electrons. The standard InChI is InChI=1S/C30H23ClFN5O2S/c1-40(38,39)36-26-10-6-5-9-23(26)27-18-28(19-11-14-22(32)15-12-19)37(35-27)30-33-25-16-13-21(31)17-24(25)29(34-30)20-7-3-2-4-8-20/h2-17,28,36H,18H2,1H3/t28-/m0/s1. The number of nitrogens with one attached hydrogen (secondary N) is 1. The molecular formula is C30H23ClFN5O2S. The van der Waals surface area contributed by atoms with E-state index >= 15 is 0 Å². The molecule has 10 heteroatoms. The first-order valence-electron chi connectivity index (χ1n) is 12.5. The Morgan fingerprint density at radius 3 is 2.40 bits per heavy atom. The van der Waals surface area contributed by atoms with Crippen LogP contribution in [0.1, 0.15) is 23.6 Å². The minimum absolute atomic E-state index is 0.345. The van der Waals surface area contributed by atoms with Gasteiger partial charge in [-0.3, -0.25) is 4.72 Å². The van der Waals surface area contributed by atoms with Gasteiger partial charge >= 0.3 is 0 Å². The maximum atomic E-state index is 13.9. The van der Waals surface area contributed by atoms with E-state index in [2.05, 4.69) is 4.72 Å². The molecule has 40 heavy (non-hydrogen) atoms. The molecule has 0 bridgehead atoms.